The summed E-state index contributed by atoms with van der Waals surface area (Å²) >= 11 is 0. The third-order valence-corrected chi connectivity index (χ3v) is 3.73. The summed E-state index contributed by atoms with van der Waals surface area (Å²) in [6.45, 7) is 4.28. The second-order valence-corrected chi connectivity index (χ2v) is 6.27. The van der Waals surface area contributed by atoms with E-state index in [-0.39, 0.29) is 17.4 Å². The molecule has 26 heavy (non-hydrogen) atoms. The van der Waals surface area contributed by atoms with Crippen molar-refractivity contribution in [1.29, 1.82) is 0 Å². The van der Waals surface area contributed by atoms with Gasteiger partial charge in [0.2, 0.25) is 0 Å². The lowest BCUT2D eigenvalue weighted by molar-refractivity contribution is 0.267. The van der Waals surface area contributed by atoms with E-state index >= 15 is 0 Å². The Morgan fingerprint density at radius 2 is 1.81 bits per heavy atom. The van der Waals surface area contributed by atoms with Gasteiger partial charge in [0.25, 0.3) is 0 Å². The molecule has 0 fully saturated rings. The molecular weight excluding hydrogens is 338 g/mol. The zero-order valence-corrected chi connectivity index (χ0v) is 14.4. The average Bonchev–Trinajstić information content (AvgIpc) is 2.63. The van der Waals surface area contributed by atoms with Gasteiger partial charge in [0, 0.05) is 11.6 Å². The quantitative estimate of drug-likeness (QED) is 0.688. The van der Waals surface area contributed by atoms with Gasteiger partial charge in [-0.2, -0.15) is 9.78 Å². The standard InChI is InChI=1S/C20H18F2N2O2/c1-13(2)12-26-19-16(14-6-4-3-5-7-14)11-23-24(20(19)25)15-8-9-17(21)18(22)10-15/h3-11,13H,12H2,1-2H3. The minimum atomic E-state index is -1.05. The van der Waals surface area contributed by atoms with Gasteiger partial charge in [0.15, 0.2) is 17.4 Å². The maximum atomic E-state index is 13.5. The highest BCUT2D eigenvalue weighted by Gasteiger charge is 2.17. The van der Waals surface area contributed by atoms with Gasteiger partial charge in [-0.3, -0.25) is 4.79 Å². The lowest BCUT2D eigenvalue weighted by Gasteiger charge is -2.14. The topological polar surface area (TPSA) is 44.1 Å². The molecular formula is C20H18F2N2O2. The molecule has 0 unspecified atom stereocenters. The summed E-state index contributed by atoms with van der Waals surface area (Å²) in [6, 6.07) is 12.4. The van der Waals surface area contributed by atoms with Crippen LogP contribution in [0.3, 0.4) is 0 Å². The first-order chi connectivity index (χ1) is 12.5. The van der Waals surface area contributed by atoms with Gasteiger partial charge in [-0.25, -0.2) is 8.78 Å². The van der Waals surface area contributed by atoms with Crippen molar-refractivity contribution in [1.82, 2.24) is 9.78 Å². The Morgan fingerprint density at radius 3 is 2.46 bits per heavy atom. The molecule has 0 atom stereocenters. The Morgan fingerprint density at radius 1 is 1.08 bits per heavy atom. The van der Waals surface area contributed by atoms with Gasteiger partial charge < -0.3 is 4.74 Å². The second kappa shape index (κ2) is 7.47. The summed E-state index contributed by atoms with van der Waals surface area (Å²) in [5.41, 5.74) is 0.935. The van der Waals surface area contributed by atoms with Gasteiger partial charge in [-0.05, 0) is 23.6 Å². The molecule has 1 aromatic heterocycles. The molecule has 0 saturated carbocycles. The van der Waals surface area contributed by atoms with Crippen LogP contribution in [0, 0.1) is 17.6 Å². The number of halogens is 2. The van der Waals surface area contributed by atoms with Crippen LogP contribution in [0.4, 0.5) is 8.78 Å². The molecule has 3 rings (SSSR count). The van der Waals surface area contributed by atoms with E-state index in [0.717, 1.165) is 22.4 Å². The molecule has 0 aliphatic rings. The minimum Gasteiger partial charge on any atom is -0.487 e. The van der Waals surface area contributed by atoms with Crippen molar-refractivity contribution in [3.05, 3.63) is 76.7 Å². The van der Waals surface area contributed by atoms with Crippen molar-refractivity contribution in [2.75, 3.05) is 6.61 Å². The third kappa shape index (κ3) is 3.64. The molecule has 0 amide bonds. The molecule has 0 aliphatic heterocycles. The molecule has 4 nitrogen and oxygen atoms in total. The first-order valence-corrected chi connectivity index (χ1v) is 8.23. The van der Waals surface area contributed by atoms with E-state index in [1.807, 2.05) is 44.2 Å². The van der Waals surface area contributed by atoms with Crippen LogP contribution in [-0.2, 0) is 0 Å². The maximum Gasteiger partial charge on any atom is 0.314 e. The van der Waals surface area contributed by atoms with Crippen molar-refractivity contribution in [3.8, 4) is 22.6 Å². The smallest absolute Gasteiger partial charge is 0.314 e. The van der Waals surface area contributed by atoms with E-state index in [9.17, 15) is 13.6 Å². The summed E-state index contributed by atoms with van der Waals surface area (Å²) in [7, 11) is 0. The van der Waals surface area contributed by atoms with Gasteiger partial charge in [-0.1, -0.05) is 44.2 Å². The average molecular weight is 356 g/mol. The second-order valence-electron chi connectivity index (χ2n) is 6.27. The molecule has 0 saturated heterocycles. The van der Waals surface area contributed by atoms with Crippen LogP contribution in [0.5, 0.6) is 5.75 Å². The number of aromatic nitrogens is 2. The zero-order valence-electron chi connectivity index (χ0n) is 14.4. The van der Waals surface area contributed by atoms with E-state index in [4.69, 9.17) is 4.74 Å². The number of hydrogen-bond acceptors (Lipinski definition) is 3. The minimum absolute atomic E-state index is 0.128. The molecule has 0 aliphatic carbocycles. The van der Waals surface area contributed by atoms with Gasteiger partial charge >= 0.3 is 5.56 Å². The molecule has 0 spiro atoms. The van der Waals surface area contributed by atoms with Crippen LogP contribution in [-0.4, -0.2) is 16.4 Å². The van der Waals surface area contributed by atoms with E-state index in [1.54, 1.807) is 0 Å². The molecule has 3 aromatic rings. The van der Waals surface area contributed by atoms with Crippen LogP contribution < -0.4 is 10.3 Å². The first-order valence-electron chi connectivity index (χ1n) is 8.23. The highest BCUT2D eigenvalue weighted by molar-refractivity contribution is 5.69. The van der Waals surface area contributed by atoms with E-state index in [0.29, 0.717) is 12.2 Å². The van der Waals surface area contributed by atoms with E-state index in [1.165, 1.54) is 12.3 Å². The fourth-order valence-corrected chi connectivity index (χ4v) is 2.45. The Labute approximate surface area is 149 Å². The summed E-state index contributed by atoms with van der Waals surface area (Å²) < 4.78 is 33.5. The van der Waals surface area contributed by atoms with Crippen molar-refractivity contribution in [2.24, 2.45) is 5.92 Å². The fraction of sp³-hybridized carbons (Fsp3) is 0.200. The third-order valence-electron chi connectivity index (χ3n) is 3.73. The lowest BCUT2D eigenvalue weighted by atomic mass is 10.1. The monoisotopic (exact) mass is 356 g/mol. The van der Waals surface area contributed by atoms with Crippen LogP contribution in [0.2, 0.25) is 0 Å². The van der Waals surface area contributed by atoms with Crippen LogP contribution in [0.15, 0.2) is 59.5 Å². The van der Waals surface area contributed by atoms with Gasteiger partial charge in [-0.15, -0.1) is 0 Å². The van der Waals surface area contributed by atoms with Gasteiger partial charge in [0.1, 0.15) is 0 Å². The first kappa shape index (κ1) is 17.8. The number of benzene rings is 2. The number of hydrogen-bond donors (Lipinski definition) is 0. The predicted octanol–water partition coefficient (Wildman–Crippen LogP) is 4.21. The summed E-state index contributed by atoms with van der Waals surface area (Å²) in [5, 5.41) is 4.12. The zero-order chi connectivity index (χ0) is 18.7. The van der Waals surface area contributed by atoms with E-state index < -0.39 is 17.2 Å². The molecule has 6 heteroatoms. The van der Waals surface area contributed by atoms with Crippen molar-refractivity contribution < 1.29 is 13.5 Å². The summed E-state index contributed by atoms with van der Waals surface area (Å²) in [5.74, 6) is -1.69. The van der Waals surface area contributed by atoms with Crippen molar-refractivity contribution in [2.45, 2.75) is 13.8 Å². The normalized spacial score (nSPS) is 11.0. The number of ether oxygens (including phenoxy) is 1. The molecule has 1 heterocycles. The molecule has 0 bridgehead atoms. The highest BCUT2D eigenvalue weighted by Crippen LogP contribution is 2.26. The SMILES string of the molecule is CC(C)COc1c(-c2ccccc2)cnn(-c2ccc(F)c(F)c2)c1=O. The van der Waals surface area contributed by atoms with Crippen LogP contribution in [0.1, 0.15) is 13.8 Å². The molecule has 0 radical (unpaired) electrons. The maximum absolute atomic E-state index is 13.5. The molecule has 0 N–H and O–H groups in total. The Bertz CT molecular complexity index is 969. The summed E-state index contributed by atoms with van der Waals surface area (Å²) in [4.78, 5) is 12.9. The van der Waals surface area contributed by atoms with Crippen molar-refractivity contribution in [3.63, 3.8) is 0 Å². The fourth-order valence-electron chi connectivity index (χ4n) is 2.45. The predicted molar refractivity (Wildman–Crippen MR) is 95.5 cm³/mol. The molecule has 2 aromatic carbocycles. The number of nitrogens with zero attached hydrogens (tertiary/aromatic N) is 2. The van der Waals surface area contributed by atoms with Crippen molar-refractivity contribution >= 4 is 0 Å². The number of rotatable bonds is 5. The Hall–Kier alpha value is -3.02. The van der Waals surface area contributed by atoms with Crippen LogP contribution >= 0.6 is 0 Å². The van der Waals surface area contributed by atoms with Crippen LogP contribution in [0.25, 0.3) is 16.8 Å². The van der Waals surface area contributed by atoms with Gasteiger partial charge in [0.05, 0.1) is 18.5 Å². The Balaban J connectivity index is 2.15. The lowest BCUT2D eigenvalue weighted by Crippen LogP contribution is -2.25. The Kier molecular flexibility index (Phi) is 5.11. The van der Waals surface area contributed by atoms with E-state index in [2.05, 4.69) is 5.10 Å². The summed E-state index contributed by atoms with van der Waals surface area (Å²) in [6.07, 6.45) is 1.49. The highest BCUT2D eigenvalue weighted by atomic mass is 19.2. The largest absolute Gasteiger partial charge is 0.487 e. The molecule has 134 valence electrons.